The van der Waals surface area contributed by atoms with Crippen molar-refractivity contribution in [1.29, 1.82) is 0 Å². The quantitative estimate of drug-likeness (QED) is 0.656. The van der Waals surface area contributed by atoms with Crippen LogP contribution >= 0.6 is 11.3 Å². The molecule has 5 rings (SSSR count). The van der Waals surface area contributed by atoms with Crippen LogP contribution in [-0.4, -0.2) is 52.5 Å². The van der Waals surface area contributed by atoms with Gasteiger partial charge in [0.05, 0.1) is 11.4 Å². The Bertz CT molecular complexity index is 1100. The lowest BCUT2D eigenvalue weighted by atomic mass is 9.89. The molecule has 2 aromatic heterocycles. The minimum absolute atomic E-state index is 0.0559. The number of aromatic amines is 1. The molecule has 2 aliphatic rings. The fourth-order valence-corrected chi connectivity index (χ4v) is 6.43. The van der Waals surface area contributed by atoms with E-state index in [1.807, 2.05) is 0 Å². The van der Waals surface area contributed by atoms with E-state index in [0.29, 0.717) is 5.92 Å². The number of hydrogen-bond donors (Lipinski definition) is 1. The Morgan fingerprint density at radius 2 is 1.97 bits per heavy atom. The molecule has 5 nitrogen and oxygen atoms in total. The molecular formula is C25H32N4OS. The minimum atomic E-state index is 0.0559. The van der Waals surface area contributed by atoms with Crippen LogP contribution in [0.1, 0.15) is 48.1 Å². The Morgan fingerprint density at radius 3 is 2.74 bits per heavy atom. The van der Waals surface area contributed by atoms with Crippen molar-refractivity contribution < 1.29 is 0 Å². The average molecular weight is 437 g/mol. The van der Waals surface area contributed by atoms with Crippen molar-refractivity contribution in [1.82, 2.24) is 19.8 Å². The summed E-state index contributed by atoms with van der Waals surface area (Å²) in [5, 5.41) is 0.855. The molecule has 2 unspecified atom stereocenters. The average Bonchev–Trinajstić information content (AvgIpc) is 3.16. The maximum atomic E-state index is 13.0. The lowest BCUT2D eigenvalue weighted by Gasteiger charge is -2.37. The Balaban J connectivity index is 1.25. The molecule has 0 bridgehead atoms. The van der Waals surface area contributed by atoms with E-state index in [-0.39, 0.29) is 11.6 Å². The van der Waals surface area contributed by atoms with E-state index in [2.05, 4.69) is 59.0 Å². The van der Waals surface area contributed by atoms with Crippen LogP contribution in [0.3, 0.4) is 0 Å². The summed E-state index contributed by atoms with van der Waals surface area (Å²) < 4.78 is 0. The maximum absolute atomic E-state index is 13.0. The van der Waals surface area contributed by atoms with Gasteiger partial charge in [-0.05, 0) is 49.7 Å². The lowest BCUT2D eigenvalue weighted by molar-refractivity contribution is 0.0999. The topological polar surface area (TPSA) is 52.2 Å². The molecule has 3 aromatic rings. The van der Waals surface area contributed by atoms with Gasteiger partial charge in [-0.15, -0.1) is 11.3 Å². The normalized spacial score (nSPS) is 21.3. The Labute approximate surface area is 188 Å². The second-order valence-electron chi connectivity index (χ2n) is 9.27. The Hall–Kier alpha value is -2.02. The van der Waals surface area contributed by atoms with Crippen molar-refractivity contribution in [3.05, 3.63) is 62.5 Å². The molecule has 0 saturated carbocycles. The van der Waals surface area contributed by atoms with Gasteiger partial charge >= 0.3 is 0 Å². The van der Waals surface area contributed by atoms with Crippen LogP contribution in [0.5, 0.6) is 0 Å². The summed E-state index contributed by atoms with van der Waals surface area (Å²) >= 11 is 1.74. The molecule has 6 heteroatoms. The van der Waals surface area contributed by atoms with E-state index < -0.39 is 0 Å². The molecule has 164 valence electrons. The molecule has 0 spiro atoms. The first-order valence-electron chi connectivity index (χ1n) is 11.6. The van der Waals surface area contributed by atoms with Crippen LogP contribution in [-0.2, 0) is 19.3 Å². The standard InChI is InChI=1S/C25H32N4OS/c1-17-8-9-20-21(16-17)31-25-22(20)24(30)26-23(27-25)18(2)29-14-12-28(13-15-29)11-10-19-6-4-3-5-7-19/h3-7,17-18H,8-16H2,1-2H3,(H,26,27,30). The zero-order valence-corrected chi connectivity index (χ0v) is 19.4. The van der Waals surface area contributed by atoms with E-state index in [1.54, 1.807) is 11.3 Å². The number of nitrogens with zero attached hydrogens (tertiary/aromatic N) is 3. The Morgan fingerprint density at radius 1 is 1.19 bits per heavy atom. The predicted molar refractivity (Wildman–Crippen MR) is 128 cm³/mol. The highest BCUT2D eigenvalue weighted by Gasteiger charge is 2.26. The Kier molecular flexibility index (Phi) is 5.95. The van der Waals surface area contributed by atoms with E-state index in [9.17, 15) is 4.79 Å². The third-order valence-corrected chi connectivity index (χ3v) is 8.24. The predicted octanol–water partition coefficient (Wildman–Crippen LogP) is 4.03. The molecule has 1 aliphatic carbocycles. The summed E-state index contributed by atoms with van der Waals surface area (Å²) in [6.07, 6.45) is 4.38. The van der Waals surface area contributed by atoms with Gasteiger partial charge in [0.15, 0.2) is 0 Å². The van der Waals surface area contributed by atoms with E-state index >= 15 is 0 Å². The zero-order chi connectivity index (χ0) is 21.4. The third-order valence-electron chi connectivity index (χ3n) is 7.09. The number of rotatable bonds is 5. The van der Waals surface area contributed by atoms with Crippen molar-refractivity contribution in [2.24, 2.45) is 5.92 Å². The van der Waals surface area contributed by atoms with Gasteiger partial charge in [0.1, 0.15) is 10.7 Å². The highest BCUT2D eigenvalue weighted by Crippen LogP contribution is 2.36. The SMILES string of the molecule is CC1CCc2c(sc3nc(C(C)N4CCN(CCc5ccccc5)CC4)[nH]c(=O)c23)C1. The molecule has 3 heterocycles. The summed E-state index contributed by atoms with van der Waals surface area (Å²) in [4.78, 5) is 28.4. The van der Waals surface area contributed by atoms with Crippen LogP contribution in [0.15, 0.2) is 35.1 Å². The molecule has 2 atom stereocenters. The first-order valence-corrected chi connectivity index (χ1v) is 12.4. The number of aromatic nitrogens is 2. The van der Waals surface area contributed by atoms with E-state index in [0.717, 1.165) is 68.0 Å². The first-order chi connectivity index (χ1) is 15.1. The summed E-state index contributed by atoms with van der Waals surface area (Å²) in [6, 6.07) is 10.9. The van der Waals surface area contributed by atoms with E-state index in [4.69, 9.17) is 4.98 Å². The highest BCUT2D eigenvalue weighted by atomic mass is 32.1. The van der Waals surface area contributed by atoms with Gasteiger partial charge < -0.3 is 9.88 Å². The molecule has 0 amide bonds. The number of piperazine rings is 1. The number of fused-ring (bicyclic) bond motifs is 3. The van der Waals surface area contributed by atoms with Gasteiger partial charge in [0.2, 0.25) is 0 Å². The number of hydrogen-bond acceptors (Lipinski definition) is 5. The van der Waals surface area contributed by atoms with Gasteiger partial charge in [-0.3, -0.25) is 9.69 Å². The van der Waals surface area contributed by atoms with Crippen LogP contribution in [0.25, 0.3) is 10.2 Å². The summed E-state index contributed by atoms with van der Waals surface area (Å²) in [5.74, 6) is 1.53. The van der Waals surface area contributed by atoms with Crippen molar-refractivity contribution in [2.75, 3.05) is 32.7 Å². The van der Waals surface area contributed by atoms with Crippen LogP contribution in [0.2, 0.25) is 0 Å². The fraction of sp³-hybridized carbons (Fsp3) is 0.520. The zero-order valence-electron chi connectivity index (χ0n) is 18.6. The van der Waals surface area contributed by atoms with Crippen LogP contribution in [0, 0.1) is 5.92 Å². The minimum Gasteiger partial charge on any atom is -0.309 e. The molecule has 1 fully saturated rings. The monoisotopic (exact) mass is 436 g/mol. The number of nitrogens with one attached hydrogen (secondary N) is 1. The molecule has 0 radical (unpaired) electrons. The van der Waals surface area contributed by atoms with Crippen molar-refractivity contribution >= 4 is 21.6 Å². The lowest BCUT2D eigenvalue weighted by Crippen LogP contribution is -2.48. The second-order valence-corrected chi connectivity index (χ2v) is 10.4. The molecule has 1 saturated heterocycles. The largest absolute Gasteiger partial charge is 0.309 e. The van der Waals surface area contributed by atoms with Crippen molar-refractivity contribution in [3.63, 3.8) is 0 Å². The number of thiophene rings is 1. The molecular weight excluding hydrogens is 404 g/mol. The second kappa shape index (κ2) is 8.85. The van der Waals surface area contributed by atoms with Crippen molar-refractivity contribution in [2.45, 2.75) is 45.6 Å². The first kappa shape index (κ1) is 20.9. The number of aryl methyl sites for hydroxylation is 1. The van der Waals surface area contributed by atoms with Gasteiger partial charge in [-0.1, -0.05) is 37.3 Å². The number of benzene rings is 1. The smallest absolute Gasteiger partial charge is 0.259 e. The highest BCUT2D eigenvalue weighted by molar-refractivity contribution is 7.18. The van der Waals surface area contributed by atoms with Crippen LogP contribution in [0.4, 0.5) is 0 Å². The summed E-state index contributed by atoms with van der Waals surface area (Å²) in [7, 11) is 0. The third kappa shape index (κ3) is 4.34. The van der Waals surface area contributed by atoms with Gasteiger partial charge in [0.25, 0.3) is 5.56 Å². The van der Waals surface area contributed by atoms with Crippen LogP contribution < -0.4 is 5.56 Å². The summed E-state index contributed by atoms with van der Waals surface area (Å²) in [6.45, 7) is 9.74. The maximum Gasteiger partial charge on any atom is 0.259 e. The molecule has 31 heavy (non-hydrogen) atoms. The van der Waals surface area contributed by atoms with E-state index in [1.165, 1.54) is 22.4 Å². The number of H-pyrrole nitrogens is 1. The van der Waals surface area contributed by atoms with Gasteiger partial charge in [-0.2, -0.15) is 0 Å². The van der Waals surface area contributed by atoms with Gasteiger partial charge in [0, 0.05) is 37.6 Å². The fourth-order valence-electron chi connectivity index (χ4n) is 5.04. The molecule has 1 aliphatic heterocycles. The van der Waals surface area contributed by atoms with Gasteiger partial charge in [-0.25, -0.2) is 4.98 Å². The molecule has 1 aromatic carbocycles. The summed E-state index contributed by atoms with van der Waals surface area (Å²) in [5.41, 5.74) is 2.72. The molecule has 1 N–H and O–H groups in total. The van der Waals surface area contributed by atoms with Crippen molar-refractivity contribution in [3.8, 4) is 0 Å².